The molecule has 1 aromatic heterocycles. The summed E-state index contributed by atoms with van der Waals surface area (Å²) >= 11 is 6.06. The van der Waals surface area contributed by atoms with E-state index in [1.807, 2.05) is 45.0 Å². The lowest BCUT2D eigenvalue weighted by Gasteiger charge is -2.13. The molecule has 0 radical (unpaired) electrons. The Morgan fingerprint density at radius 3 is 2.58 bits per heavy atom. The highest BCUT2D eigenvalue weighted by Crippen LogP contribution is 2.26. The molecular weight excluding hydrogens is 262 g/mol. The lowest BCUT2D eigenvalue weighted by molar-refractivity contribution is -0.136. The molecule has 0 bridgehead atoms. The molecule has 3 nitrogen and oxygen atoms in total. The van der Waals surface area contributed by atoms with Crippen molar-refractivity contribution < 1.29 is 9.90 Å². The first-order chi connectivity index (χ1) is 8.90. The number of nitrogens with zero attached hydrogens (tertiary/aromatic N) is 1. The minimum atomic E-state index is -0.817. The van der Waals surface area contributed by atoms with Crippen LogP contribution in [0.3, 0.4) is 0 Å². The van der Waals surface area contributed by atoms with E-state index in [-0.39, 0.29) is 6.42 Å². The average molecular weight is 278 g/mol. The zero-order valence-corrected chi connectivity index (χ0v) is 12.0. The van der Waals surface area contributed by atoms with E-state index in [2.05, 4.69) is 4.57 Å². The van der Waals surface area contributed by atoms with E-state index in [0.29, 0.717) is 5.02 Å². The molecule has 0 saturated carbocycles. The summed E-state index contributed by atoms with van der Waals surface area (Å²) in [6.07, 6.45) is 0.0410. The van der Waals surface area contributed by atoms with Crippen LogP contribution in [-0.2, 0) is 11.2 Å². The second-order valence-corrected chi connectivity index (χ2v) is 5.17. The molecular formula is C15H16ClNO2. The third-order valence-corrected chi connectivity index (χ3v) is 3.52. The van der Waals surface area contributed by atoms with Gasteiger partial charge in [-0.2, -0.15) is 0 Å². The fourth-order valence-corrected chi connectivity index (χ4v) is 2.53. The van der Waals surface area contributed by atoms with Crippen LogP contribution >= 0.6 is 11.6 Å². The van der Waals surface area contributed by atoms with Crippen LogP contribution in [0, 0.1) is 20.8 Å². The highest BCUT2D eigenvalue weighted by atomic mass is 35.5. The number of carboxylic acids is 1. The van der Waals surface area contributed by atoms with Gasteiger partial charge in [0.1, 0.15) is 0 Å². The molecule has 1 heterocycles. The fraction of sp³-hybridized carbons (Fsp3) is 0.267. The predicted octanol–water partition coefficient (Wildman–Crippen LogP) is 3.68. The third kappa shape index (κ3) is 2.66. The third-order valence-electron chi connectivity index (χ3n) is 3.29. The number of aliphatic carboxylic acids is 1. The lowest BCUT2D eigenvalue weighted by atomic mass is 10.1. The Morgan fingerprint density at radius 2 is 1.95 bits per heavy atom. The lowest BCUT2D eigenvalue weighted by Crippen LogP contribution is -2.04. The van der Waals surface area contributed by atoms with Crippen LogP contribution in [0.15, 0.2) is 24.3 Å². The average Bonchev–Trinajstić information content (AvgIpc) is 2.57. The smallest absolute Gasteiger partial charge is 0.307 e. The molecule has 2 aromatic rings. The number of hydrogen-bond acceptors (Lipinski definition) is 1. The second kappa shape index (κ2) is 5.10. The van der Waals surface area contributed by atoms with Crippen LogP contribution in [-0.4, -0.2) is 15.6 Å². The maximum absolute atomic E-state index is 10.9. The summed E-state index contributed by atoms with van der Waals surface area (Å²) in [6, 6.07) is 7.64. The first-order valence-electron chi connectivity index (χ1n) is 6.06. The van der Waals surface area contributed by atoms with Gasteiger partial charge in [-0.05, 0) is 50.1 Å². The molecule has 0 spiro atoms. The van der Waals surface area contributed by atoms with Crippen LogP contribution in [0.5, 0.6) is 0 Å². The molecule has 0 aliphatic heterocycles. The molecule has 0 unspecified atom stereocenters. The zero-order chi connectivity index (χ0) is 14.2. The van der Waals surface area contributed by atoms with E-state index >= 15 is 0 Å². The molecule has 2 rings (SSSR count). The maximum Gasteiger partial charge on any atom is 0.307 e. The normalized spacial score (nSPS) is 10.7. The monoisotopic (exact) mass is 277 g/mol. The molecule has 100 valence electrons. The Morgan fingerprint density at radius 1 is 1.26 bits per heavy atom. The summed E-state index contributed by atoms with van der Waals surface area (Å²) in [5, 5.41) is 9.60. The fourth-order valence-electron chi connectivity index (χ4n) is 2.37. The Bertz CT molecular complexity index is 644. The van der Waals surface area contributed by atoms with Crippen molar-refractivity contribution in [3.8, 4) is 5.69 Å². The van der Waals surface area contributed by atoms with Gasteiger partial charge in [0, 0.05) is 22.1 Å². The quantitative estimate of drug-likeness (QED) is 0.930. The standard InChI is InChI=1S/C15H16ClNO2/c1-9-4-5-13(16)8-14(9)17-10(2)6-12(11(17)3)7-15(18)19/h4-6,8H,7H2,1-3H3,(H,18,19). The molecule has 1 aromatic carbocycles. The molecule has 4 heteroatoms. The molecule has 0 aliphatic rings. The summed E-state index contributed by atoms with van der Waals surface area (Å²) in [7, 11) is 0. The van der Waals surface area contributed by atoms with E-state index in [9.17, 15) is 4.79 Å². The van der Waals surface area contributed by atoms with Gasteiger partial charge < -0.3 is 9.67 Å². The Balaban J connectivity index is 2.59. The Hall–Kier alpha value is -1.74. The van der Waals surface area contributed by atoms with E-state index in [4.69, 9.17) is 16.7 Å². The number of carbonyl (C=O) groups is 1. The number of benzene rings is 1. The van der Waals surface area contributed by atoms with Gasteiger partial charge in [-0.3, -0.25) is 4.79 Å². The van der Waals surface area contributed by atoms with Crippen molar-refractivity contribution in [1.82, 2.24) is 4.57 Å². The number of aromatic nitrogens is 1. The van der Waals surface area contributed by atoms with Gasteiger partial charge in [0.25, 0.3) is 0 Å². The molecule has 19 heavy (non-hydrogen) atoms. The van der Waals surface area contributed by atoms with Crippen molar-refractivity contribution in [3.05, 3.63) is 51.8 Å². The Labute approximate surface area is 117 Å². The van der Waals surface area contributed by atoms with Crippen LogP contribution in [0.1, 0.15) is 22.5 Å². The molecule has 0 fully saturated rings. The summed E-state index contributed by atoms with van der Waals surface area (Å²) in [5.74, 6) is -0.817. The number of halogens is 1. The number of hydrogen-bond donors (Lipinski definition) is 1. The predicted molar refractivity (Wildman–Crippen MR) is 76.3 cm³/mol. The van der Waals surface area contributed by atoms with Gasteiger partial charge in [0.05, 0.1) is 6.42 Å². The number of carboxylic acid groups (broad SMARTS) is 1. The first kappa shape index (κ1) is 13.7. The molecule has 0 atom stereocenters. The highest BCUT2D eigenvalue weighted by molar-refractivity contribution is 6.30. The van der Waals surface area contributed by atoms with E-state index in [0.717, 1.165) is 28.2 Å². The largest absolute Gasteiger partial charge is 0.481 e. The summed E-state index contributed by atoms with van der Waals surface area (Å²) in [5.41, 5.74) is 4.90. The molecule has 1 N–H and O–H groups in total. The molecule has 0 saturated heterocycles. The minimum Gasteiger partial charge on any atom is -0.481 e. The number of aryl methyl sites for hydroxylation is 2. The topological polar surface area (TPSA) is 42.2 Å². The minimum absolute atomic E-state index is 0.0410. The highest BCUT2D eigenvalue weighted by Gasteiger charge is 2.14. The Kier molecular flexibility index (Phi) is 3.67. The zero-order valence-electron chi connectivity index (χ0n) is 11.2. The summed E-state index contributed by atoms with van der Waals surface area (Å²) in [4.78, 5) is 10.9. The van der Waals surface area contributed by atoms with Crippen molar-refractivity contribution in [2.75, 3.05) is 0 Å². The summed E-state index contributed by atoms with van der Waals surface area (Å²) in [6.45, 7) is 5.92. The van der Waals surface area contributed by atoms with Crippen molar-refractivity contribution in [2.24, 2.45) is 0 Å². The first-order valence-corrected chi connectivity index (χ1v) is 6.44. The van der Waals surface area contributed by atoms with Crippen molar-refractivity contribution in [1.29, 1.82) is 0 Å². The maximum atomic E-state index is 10.9. The van der Waals surface area contributed by atoms with Gasteiger partial charge in [-0.25, -0.2) is 0 Å². The van der Waals surface area contributed by atoms with Gasteiger partial charge in [0.2, 0.25) is 0 Å². The van der Waals surface area contributed by atoms with Crippen molar-refractivity contribution in [2.45, 2.75) is 27.2 Å². The van der Waals surface area contributed by atoms with Gasteiger partial charge in [0.15, 0.2) is 0 Å². The van der Waals surface area contributed by atoms with Crippen LogP contribution in [0.25, 0.3) is 5.69 Å². The SMILES string of the molecule is Cc1ccc(Cl)cc1-n1c(C)cc(CC(=O)O)c1C. The second-order valence-electron chi connectivity index (χ2n) is 4.73. The van der Waals surface area contributed by atoms with Gasteiger partial charge in [-0.15, -0.1) is 0 Å². The van der Waals surface area contributed by atoms with Gasteiger partial charge >= 0.3 is 5.97 Å². The van der Waals surface area contributed by atoms with E-state index < -0.39 is 5.97 Å². The van der Waals surface area contributed by atoms with Crippen LogP contribution < -0.4 is 0 Å². The van der Waals surface area contributed by atoms with Crippen LogP contribution in [0.4, 0.5) is 0 Å². The molecule has 0 aliphatic carbocycles. The number of rotatable bonds is 3. The van der Waals surface area contributed by atoms with Crippen molar-refractivity contribution in [3.63, 3.8) is 0 Å². The van der Waals surface area contributed by atoms with Crippen LogP contribution in [0.2, 0.25) is 5.02 Å². The van der Waals surface area contributed by atoms with Crippen molar-refractivity contribution >= 4 is 17.6 Å². The van der Waals surface area contributed by atoms with E-state index in [1.165, 1.54) is 0 Å². The summed E-state index contributed by atoms with van der Waals surface area (Å²) < 4.78 is 2.06. The van der Waals surface area contributed by atoms with Gasteiger partial charge in [-0.1, -0.05) is 17.7 Å². The molecule has 0 amide bonds. The van der Waals surface area contributed by atoms with E-state index in [1.54, 1.807) is 0 Å².